The lowest BCUT2D eigenvalue weighted by molar-refractivity contribution is 0.127. The maximum absolute atomic E-state index is 9.67. The second kappa shape index (κ2) is 4.06. The Morgan fingerprint density at radius 1 is 1.17 bits per heavy atom. The van der Waals surface area contributed by atoms with Gasteiger partial charge >= 0.3 is 0 Å². The van der Waals surface area contributed by atoms with E-state index < -0.39 is 0 Å². The highest BCUT2D eigenvalue weighted by atomic mass is 79.9. The van der Waals surface area contributed by atoms with Crippen LogP contribution in [0.2, 0.25) is 0 Å². The van der Waals surface area contributed by atoms with Crippen LogP contribution in [0.1, 0.15) is 25.5 Å². The van der Waals surface area contributed by atoms with E-state index >= 15 is 0 Å². The second-order valence-electron chi connectivity index (χ2n) is 3.24. The summed E-state index contributed by atoms with van der Waals surface area (Å²) in [4.78, 5) is 0. The Bertz CT molecular complexity index is 241. The fraction of sp³-hybridized carbons (Fsp3) is 0.400. The van der Waals surface area contributed by atoms with Crippen molar-refractivity contribution in [2.24, 2.45) is 5.92 Å². The minimum Gasteiger partial charge on any atom is -0.388 e. The first-order chi connectivity index (χ1) is 5.61. The maximum Gasteiger partial charge on any atom is 0.0812 e. The van der Waals surface area contributed by atoms with Gasteiger partial charge in [-0.25, -0.2) is 0 Å². The SMILES string of the molecule is CC(C)[C@H](O)c1ccc(Br)cc1. The van der Waals surface area contributed by atoms with Gasteiger partial charge in [-0.3, -0.25) is 0 Å². The van der Waals surface area contributed by atoms with Crippen LogP contribution in [0.15, 0.2) is 28.7 Å². The van der Waals surface area contributed by atoms with Crippen molar-refractivity contribution in [1.82, 2.24) is 0 Å². The van der Waals surface area contributed by atoms with Crippen LogP contribution < -0.4 is 0 Å². The van der Waals surface area contributed by atoms with Crippen LogP contribution in [-0.4, -0.2) is 5.11 Å². The Labute approximate surface area is 81.6 Å². The lowest BCUT2D eigenvalue weighted by atomic mass is 10.00. The molecular weight excluding hydrogens is 216 g/mol. The summed E-state index contributed by atoms with van der Waals surface area (Å²) in [6.45, 7) is 4.01. The largest absolute Gasteiger partial charge is 0.388 e. The van der Waals surface area contributed by atoms with Gasteiger partial charge in [-0.1, -0.05) is 41.9 Å². The molecule has 0 heterocycles. The third-order valence-corrected chi connectivity index (χ3v) is 2.37. The molecule has 1 N–H and O–H groups in total. The molecule has 2 heteroatoms. The van der Waals surface area contributed by atoms with Crippen LogP contribution in [-0.2, 0) is 0 Å². The Morgan fingerprint density at radius 3 is 2.08 bits per heavy atom. The van der Waals surface area contributed by atoms with Crippen molar-refractivity contribution < 1.29 is 5.11 Å². The zero-order valence-electron chi connectivity index (χ0n) is 7.29. The molecule has 0 spiro atoms. The molecule has 1 atom stereocenters. The topological polar surface area (TPSA) is 20.2 Å². The molecule has 0 bridgehead atoms. The standard InChI is InChI=1S/C10H13BrO/c1-7(2)10(12)8-3-5-9(11)6-4-8/h3-7,10,12H,1-2H3/t10-/m0/s1. The minimum absolute atomic E-state index is 0.270. The summed E-state index contributed by atoms with van der Waals surface area (Å²) < 4.78 is 1.04. The summed E-state index contributed by atoms with van der Waals surface area (Å²) in [5.74, 6) is 0.270. The maximum atomic E-state index is 9.67. The van der Waals surface area contributed by atoms with Gasteiger partial charge in [-0.15, -0.1) is 0 Å². The monoisotopic (exact) mass is 228 g/mol. The molecule has 12 heavy (non-hydrogen) atoms. The van der Waals surface area contributed by atoms with Crippen LogP contribution in [0, 0.1) is 5.92 Å². The van der Waals surface area contributed by atoms with Gasteiger partial charge in [0.2, 0.25) is 0 Å². The van der Waals surface area contributed by atoms with E-state index in [0.29, 0.717) is 0 Å². The van der Waals surface area contributed by atoms with Gasteiger partial charge in [0.25, 0.3) is 0 Å². The molecule has 0 saturated carbocycles. The molecule has 0 radical (unpaired) electrons. The van der Waals surface area contributed by atoms with Gasteiger partial charge in [0.15, 0.2) is 0 Å². The summed E-state index contributed by atoms with van der Waals surface area (Å²) in [5, 5.41) is 9.67. The Morgan fingerprint density at radius 2 is 1.67 bits per heavy atom. The molecule has 0 aliphatic heterocycles. The summed E-state index contributed by atoms with van der Waals surface area (Å²) in [7, 11) is 0. The van der Waals surface area contributed by atoms with Crippen LogP contribution in [0.25, 0.3) is 0 Å². The van der Waals surface area contributed by atoms with Gasteiger partial charge < -0.3 is 5.11 Å². The summed E-state index contributed by atoms with van der Waals surface area (Å²) in [6.07, 6.45) is -0.349. The van der Waals surface area contributed by atoms with Crippen molar-refractivity contribution in [2.45, 2.75) is 20.0 Å². The molecule has 1 rings (SSSR count). The van der Waals surface area contributed by atoms with Crippen LogP contribution >= 0.6 is 15.9 Å². The number of halogens is 1. The molecule has 0 amide bonds. The third kappa shape index (κ3) is 2.32. The molecule has 0 fully saturated rings. The molecule has 1 nitrogen and oxygen atoms in total. The number of aliphatic hydroxyl groups is 1. The average molecular weight is 229 g/mol. The van der Waals surface area contributed by atoms with E-state index in [4.69, 9.17) is 0 Å². The zero-order valence-corrected chi connectivity index (χ0v) is 8.88. The Kier molecular flexibility index (Phi) is 3.29. The lowest BCUT2D eigenvalue weighted by Gasteiger charge is -2.14. The van der Waals surface area contributed by atoms with Gasteiger partial charge in [-0.05, 0) is 23.6 Å². The predicted molar refractivity (Wildman–Crippen MR) is 53.9 cm³/mol. The van der Waals surface area contributed by atoms with E-state index in [1.165, 1.54) is 0 Å². The molecule has 0 aliphatic rings. The van der Waals surface area contributed by atoms with E-state index in [9.17, 15) is 5.11 Å². The van der Waals surface area contributed by atoms with E-state index in [2.05, 4.69) is 15.9 Å². The van der Waals surface area contributed by atoms with Gasteiger partial charge in [-0.2, -0.15) is 0 Å². The van der Waals surface area contributed by atoms with Crippen LogP contribution in [0.4, 0.5) is 0 Å². The van der Waals surface area contributed by atoms with E-state index in [1.54, 1.807) is 0 Å². The average Bonchev–Trinajstić information content (AvgIpc) is 2.04. The lowest BCUT2D eigenvalue weighted by Crippen LogP contribution is -2.04. The second-order valence-corrected chi connectivity index (χ2v) is 4.16. The highest BCUT2D eigenvalue weighted by Crippen LogP contribution is 2.22. The molecule has 66 valence electrons. The number of hydrogen-bond acceptors (Lipinski definition) is 1. The molecule has 0 saturated heterocycles. The van der Waals surface area contributed by atoms with Gasteiger partial charge in [0.05, 0.1) is 6.10 Å². The fourth-order valence-corrected chi connectivity index (χ4v) is 1.31. The molecular formula is C10H13BrO. The highest BCUT2D eigenvalue weighted by Gasteiger charge is 2.10. The predicted octanol–water partition coefficient (Wildman–Crippen LogP) is 3.14. The van der Waals surface area contributed by atoms with Crippen molar-refractivity contribution in [2.75, 3.05) is 0 Å². The number of hydrogen-bond donors (Lipinski definition) is 1. The van der Waals surface area contributed by atoms with Gasteiger partial charge in [0.1, 0.15) is 0 Å². The van der Waals surface area contributed by atoms with Crippen molar-refractivity contribution in [3.63, 3.8) is 0 Å². The zero-order chi connectivity index (χ0) is 9.14. The normalized spacial score (nSPS) is 13.4. The van der Waals surface area contributed by atoms with Gasteiger partial charge in [0, 0.05) is 4.47 Å². The summed E-state index contributed by atoms with van der Waals surface area (Å²) >= 11 is 3.35. The number of rotatable bonds is 2. The number of aliphatic hydroxyl groups excluding tert-OH is 1. The Balaban J connectivity index is 2.82. The van der Waals surface area contributed by atoms with Crippen molar-refractivity contribution in [3.8, 4) is 0 Å². The molecule has 0 unspecified atom stereocenters. The van der Waals surface area contributed by atoms with E-state index in [1.807, 2.05) is 38.1 Å². The minimum atomic E-state index is -0.349. The van der Waals surface area contributed by atoms with Crippen LogP contribution in [0.3, 0.4) is 0 Å². The van der Waals surface area contributed by atoms with E-state index in [0.717, 1.165) is 10.0 Å². The Hall–Kier alpha value is -0.340. The fourth-order valence-electron chi connectivity index (χ4n) is 1.04. The first kappa shape index (κ1) is 9.75. The third-order valence-electron chi connectivity index (χ3n) is 1.84. The smallest absolute Gasteiger partial charge is 0.0812 e. The number of benzene rings is 1. The van der Waals surface area contributed by atoms with Crippen molar-refractivity contribution in [1.29, 1.82) is 0 Å². The highest BCUT2D eigenvalue weighted by molar-refractivity contribution is 9.10. The molecule has 1 aromatic rings. The van der Waals surface area contributed by atoms with Crippen molar-refractivity contribution >= 4 is 15.9 Å². The molecule has 1 aromatic carbocycles. The molecule has 0 aliphatic carbocycles. The summed E-state index contributed by atoms with van der Waals surface area (Å²) in [5.41, 5.74) is 0.980. The van der Waals surface area contributed by atoms with E-state index in [-0.39, 0.29) is 12.0 Å². The first-order valence-corrected chi connectivity index (χ1v) is 4.84. The quantitative estimate of drug-likeness (QED) is 0.825. The first-order valence-electron chi connectivity index (χ1n) is 4.05. The summed E-state index contributed by atoms with van der Waals surface area (Å²) in [6, 6.07) is 7.77. The molecule has 0 aromatic heterocycles. The van der Waals surface area contributed by atoms with Crippen LogP contribution in [0.5, 0.6) is 0 Å². The van der Waals surface area contributed by atoms with Crippen molar-refractivity contribution in [3.05, 3.63) is 34.3 Å².